The first kappa shape index (κ1) is 16.6. The van der Waals surface area contributed by atoms with Crippen molar-refractivity contribution in [2.75, 3.05) is 51.8 Å². The molecule has 0 spiro atoms. The van der Waals surface area contributed by atoms with Gasteiger partial charge in [-0.2, -0.15) is 0 Å². The summed E-state index contributed by atoms with van der Waals surface area (Å²) in [7, 11) is 3.47. The fourth-order valence-electron chi connectivity index (χ4n) is 2.28. The fourth-order valence-corrected chi connectivity index (χ4v) is 2.28. The Bertz CT molecular complexity index is 434. The standard InChI is InChI=1S/C14H21N3O2.ClH/c1-15-11-14(18)17-8-6-16(7-9-17)12-4-3-5-13(10-12)19-2;/h3-5,10,15H,6-9,11H2,1-2H3;1H. The Morgan fingerprint density at radius 1 is 1.30 bits per heavy atom. The molecular weight excluding hydrogens is 278 g/mol. The Labute approximate surface area is 126 Å². The van der Waals surface area contributed by atoms with E-state index >= 15 is 0 Å². The summed E-state index contributed by atoms with van der Waals surface area (Å²) in [5, 5.41) is 2.90. The first-order chi connectivity index (χ1) is 9.24. The number of hydrogen-bond acceptors (Lipinski definition) is 4. The molecule has 6 heteroatoms. The average molecular weight is 300 g/mol. The van der Waals surface area contributed by atoms with Crippen LogP contribution < -0.4 is 15.0 Å². The second-order valence-corrected chi connectivity index (χ2v) is 4.60. The third kappa shape index (κ3) is 4.02. The zero-order chi connectivity index (χ0) is 13.7. The van der Waals surface area contributed by atoms with Crippen LogP contribution in [0, 0.1) is 0 Å². The van der Waals surface area contributed by atoms with E-state index < -0.39 is 0 Å². The number of hydrogen-bond donors (Lipinski definition) is 1. The van der Waals surface area contributed by atoms with E-state index in [9.17, 15) is 4.79 Å². The smallest absolute Gasteiger partial charge is 0.236 e. The molecule has 1 N–H and O–H groups in total. The van der Waals surface area contributed by atoms with Crippen LogP contribution in [0.15, 0.2) is 24.3 Å². The summed E-state index contributed by atoms with van der Waals surface area (Å²) >= 11 is 0. The fraction of sp³-hybridized carbons (Fsp3) is 0.500. The lowest BCUT2D eigenvalue weighted by atomic mass is 10.2. The van der Waals surface area contributed by atoms with Crippen molar-refractivity contribution in [1.82, 2.24) is 10.2 Å². The number of likely N-dealkylation sites (N-methyl/N-ethyl adjacent to an activating group) is 1. The highest BCUT2D eigenvalue weighted by atomic mass is 35.5. The quantitative estimate of drug-likeness (QED) is 0.900. The minimum Gasteiger partial charge on any atom is -0.497 e. The third-order valence-electron chi connectivity index (χ3n) is 3.38. The number of halogens is 1. The molecule has 20 heavy (non-hydrogen) atoms. The van der Waals surface area contributed by atoms with Crippen molar-refractivity contribution in [3.8, 4) is 5.75 Å². The number of anilines is 1. The average Bonchev–Trinajstić information content (AvgIpc) is 2.48. The lowest BCUT2D eigenvalue weighted by molar-refractivity contribution is -0.130. The molecule has 1 aliphatic rings. The molecule has 1 amide bonds. The zero-order valence-electron chi connectivity index (χ0n) is 12.0. The van der Waals surface area contributed by atoms with Crippen LogP contribution in [-0.4, -0.2) is 57.7 Å². The van der Waals surface area contributed by atoms with Crippen LogP contribution in [-0.2, 0) is 4.79 Å². The second kappa shape index (κ2) is 7.97. The van der Waals surface area contributed by atoms with Crippen molar-refractivity contribution < 1.29 is 9.53 Å². The molecule has 0 aliphatic carbocycles. The monoisotopic (exact) mass is 299 g/mol. The Morgan fingerprint density at radius 2 is 2.00 bits per heavy atom. The van der Waals surface area contributed by atoms with Gasteiger partial charge in [-0.25, -0.2) is 0 Å². The van der Waals surface area contributed by atoms with E-state index in [0.717, 1.165) is 37.6 Å². The molecule has 1 aliphatic heterocycles. The minimum absolute atomic E-state index is 0. The van der Waals surface area contributed by atoms with Crippen LogP contribution in [0.2, 0.25) is 0 Å². The lowest BCUT2D eigenvalue weighted by Gasteiger charge is -2.36. The molecule has 1 aromatic carbocycles. The van der Waals surface area contributed by atoms with Crippen molar-refractivity contribution in [3.63, 3.8) is 0 Å². The molecule has 1 aromatic rings. The van der Waals surface area contributed by atoms with Crippen LogP contribution in [0.5, 0.6) is 5.75 Å². The largest absolute Gasteiger partial charge is 0.497 e. The third-order valence-corrected chi connectivity index (χ3v) is 3.38. The van der Waals surface area contributed by atoms with Crippen molar-refractivity contribution in [3.05, 3.63) is 24.3 Å². The number of carbonyl (C=O) groups is 1. The number of amides is 1. The molecule has 1 fully saturated rings. The van der Waals surface area contributed by atoms with Crippen LogP contribution >= 0.6 is 12.4 Å². The molecule has 112 valence electrons. The van der Waals surface area contributed by atoms with Gasteiger partial charge in [-0.1, -0.05) is 6.07 Å². The normalized spacial score (nSPS) is 14.7. The SMILES string of the molecule is CNCC(=O)N1CCN(c2cccc(OC)c2)CC1.Cl. The van der Waals surface area contributed by atoms with Gasteiger partial charge in [0.05, 0.1) is 13.7 Å². The maximum atomic E-state index is 11.8. The van der Waals surface area contributed by atoms with Crippen molar-refractivity contribution in [2.45, 2.75) is 0 Å². The highest BCUT2D eigenvalue weighted by Gasteiger charge is 2.20. The van der Waals surface area contributed by atoms with E-state index in [1.54, 1.807) is 14.2 Å². The number of benzene rings is 1. The van der Waals surface area contributed by atoms with E-state index in [0.29, 0.717) is 6.54 Å². The molecule has 0 atom stereocenters. The second-order valence-electron chi connectivity index (χ2n) is 4.60. The maximum Gasteiger partial charge on any atom is 0.236 e. The Hall–Kier alpha value is -1.46. The van der Waals surface area contributed by atoms with Gasteiger partial charge in [0.15, 0.2) is 0 Å². The number of carbonyl (C=O) groups excluding carboxylic acids is 1. The van der Waals surface area contributed by atoms with Crippen LogP contribution in [0.1, 0.15) is 0 Å². The van der Waals surface area contributed by atoms with Gasteiger partial charge >= 0.3 is 0 Å². The van der Waals surface area contributed by atoms with Crippen LogP contribution in [0.4, 0.5) is 5.69 Å². The van der Waals surface area contributed by atoms with E-state index in [-0.39, 0.29) is 18.3 Å². The molecule has 0 aromatic heterocycles. The highest BCUT2D eigenvalue weighted by Crippen LogP contribution is 2.21. The summed E-state index contributed by atoms with van der Waals surface area (Å²) in [4.78, 5) is 16.0. The number of methoxy groups -OCH3 is 1. The van der Waals surface area contributed by atoms with Gasteiger partial charge in [-0.3, -0.25) is 4.79 Å². The predicted molar refractivity (Wildman–Crippen MR) is 83.0 cm³/mol. The maximum absolute atomic E-state index is 11.8. The van der Waals surface area contributed by atoms with E-state index in [1.165, 1.54) is 0 Å². The van der Waals surface area contributed by atoms with Gasteiger partial charge in [0.25, 0.3) is 0 Å². The Morgan fingerprint density at radius 3 is 2.60 bits per heavy atom. The lowest BCUT2D eigenvalue weighted by Crippen LogP contribution is -2.50. The number of rotatable bonds is 4. The van der Waals surface area contributed by atoms with Gasteiger partial charge < -0.3 is 19.9 Å². The molecule has 1 saturated heterocycles. The number of ether oxygens (including phenoxy) is 1. The van der Waals surface area contributed by atoms with Gasteiger partial charge in [-0.15, -0.1) is 12.4 Å². The number of piperazine rings is 1. The predicted octanol–water partition coefficient (Wildman–Crippen LogP) is 0.985. The van der Waals surface area contributed by atoms with Crippen molar-refractivity contribution in [2.24, 2.45) is 0 Å². The molecule has 0 saturated carbocycles. The summed E-state index contributed by atoms with van der Waals surface area (Å²) in [6.45, 7) is 3.69. The van der Waals surface area contributed by atoms with Gasteiger partial charge in [0.2, 0.25) is 5.91 Å². The molecule has 2 rings (SSSR count). The summed E-state index contributed by atoms with van der Waals surface area (Å²) in [5.74, 6) is 1.04. The van der Waals surface area contributed by atoms with Crippen LogP contribution in [0.25, 0.3) is 0 Å². The van der Waals surface area contributed by atoms with Crippen molar-refractivity contribution >= 4 is 24.0 Å². The molecule has 1 heterocycles. The Balaban J connectivity index is 0.00000200. The van der Waals surface area contributed by atoms with E-state index in [4.69, 9.17) is 4.74 Å². The number of nitrogens with zero attached hydrogens (tertiary/aromatic N) is 2. The Kier molecular flexibility index (Phi) is 6.61. The highest BCUT2D eigenvalue weighted by molar-refractivity contribution is 5.85. The summed E-state index contributed by atoms with van der Waals surface area (Å²) in [5.41, 5.74) is 1.15. The van der Waals surface area contributed by atoms with Gasteiger partial charge in [0, 0.05) is 37.9 Å². The first-order valence-electron chi connectivity index (χ1n) is 6.56. The number of nitrogens with one attached hydrogen (secondary N) is 1. The van der Waals surface area contributed by atoms with Gasteiger partial charge in [0.1, 0.15) is 5.75 Å². The summed E-state index contributed by atoms with van der Waals surface area (Å²) in [6.07, 6.45) is 0. The molecule has 5 nitrogen and oxygen atoms in total. The summed E-state index contributed by atoms with van der Waals surface area (Å²) < 4.78 is 5.24. The molecule has 0 bridgehead atoms. The molecular formula is C14H22ClN3O2. The summed E-state index contributed by atoms with van der Waals surface area (Å²) in [6, 6.07) is 8.04. The van der Waals surface area contributed by atoms with Crippen molar-refractivity contribution in [1.29, 1.82) is 0 Å². The molecule has 0 radical (unpaired) electrons. The first-order valence-corrected chi connectivity index (χ1v) is 6.56. The van der Waals surface area contributed by atoms with Crippen LogP contribution in [0.3, 0.4) is 0 Å². The minimum atomic E-state index is 0. The zero-order valence-corrected chi connectivity index (χ0v) is 12.8. The van der Waals surface area contributed by atoms with Gasteiger partial charge in [-0.05, 0) is 19.2 Å². The van der Waals surface area contributed by atoms with E-state index in [2.05, 4.69) is 16.3 Å². The molecule has 0 unspecified atom stereocenters. The van der Waals surface area contributed by atoms with E-state index in [1.807, 2.05) is 23.1 Å². The topological polar surface area (TPSA) is 44.8 Å².